The van der Waals surface area contributed by atoms with E-state index in [0.29, 0.717) is 22.9 Å². The van der Waals surface area contributed by atoms with E-state index in [-0.39, 0.29) is 11.4 Å². The molecule has 0 saturated heterocycles. The number of thiazole rings is 1. The Balaban J connectivity index is 1.49. The van der Waals surface area contributed by atoms with E-state index < -0.39 is 23.4 Å². The van der Waals surface area contributed by atoms with Gasteiger partial charge in [0.1, 0.15) is 0 Å². The number of carbonyl (C=O) groups is 2. The fourth-order valence-corrected chi connectivity index (χ4v) is 3.19. The van der Waals surface area contributed by atoms with Crippen LogP contribution in [0.3, 0.4) is 0 Å². The van der Waals surface area contributed by atoms with Crippen molar-refractivity contribution in [3.05, 3.63) is 80.8 Å². The van der Waals surface area contributed by atoms with Crippen LogP contribution in [0.1, 0.15) is 21.6 Å². The average Bonchev–Trinajstić information content (AvgIpc) is 3.22. The van der Waals surface area contributed by atoms with E-state index in [1.165, 1.54) is 29.5 Å². The first-order valence-electron chi connectivity index (χ1n) is 8.87. The lowest BCUT2D eigenvalue weighted by Gasteiger charge is -2.08. The molecule has 10 heteroatoms. The van der Waals surface area contributed by atoms with Crippen molar-refractivity contribution in [1.29, 1.82) is 0 Å². The Labute approximate surface area is 175 Å². The fraction of sp³-hybridized carbons (Fsp3) is 0.150. The summed E-state index contributed by atoms with van der Waals surface area (Å²) < 4.78 is 5.00. The molecule has 3 aromatic rings. The first-order valence-corrected chi connectivity index (χ1v) is 9.75. The molecule has 0 atom stereocenters. The summed E-state index contributed by atoms with van der Waals surface area (Å²) in [4.78, 5) is 38.6. The number of anilines is 2. The van der Waals surface area contributed by atoms with Gasteiger partial charge in [-0.2, -0.15) is 0 Å². The highest BCUT2D eigenvalue weighted by Crippen LogP contribution is 2.21. The van der Waals surface area contributed by atoms with Crippen LogP contribution in [-0.2, 0) is 16.1 Å². The van der Waals surface area contributed by atoms with Crippen LogP contribution in [0.25, 0.3) is 0 Å². The number of carbonyl (C=O) groups excluding carboxylic acids is 2. The summed E-state index contributed by atoms with van der Waals surface area (Å²) >= 11 is 1.26. The molecule has 0 spiro atoms. The second kappa shape index (κ2) is 9.61. The van der Waals surface area contributed by atoms with Gasteiger partial charge >= 0.3 is 5.97 Å². The highest BCUT2D eigenvalue weighted by molar-refractivity contribution is 7.13. The summed E-state index contributed by atoms with van der Waals surface area (Å²) in [7, 11) is 0. The number of nitrogens with one attached hydrogen (secondary N) is 2. The molecule has 0 radical (unpaired) electrons. The Morgan fingerprint density at radius 3 is 2.67 bits per heavy atom. The number of aryl methyl sites for hydroxylation is 1. The lowest BCUT2D eigenvalue weighted by Crippen LogP contribution is -2.21. The van der Waals surface area contributed by atoms with Crippen molar-refractivity contribution >= 4 is 39.7 Å². The zero-order valence-electron chi connectivity index (χ0n) is 16.0. The molecule has 3 rings (SSSR count). The van der Waals surface area contributed by atoms with Crippen LogP contribution in [-0.4, -0.2) is 28.4 Å². The normalized spacial score (nSPS) is 10.3. The maximum atomic E-state index is 12.1. The molecular weight excluding hydrogens is 408 g/mol. The van der Waals surface area contributed by atoms with E-state index in [1.807, 2.05) is 30.3 Å². The number of aromatic nitrogens is 1. The average molecular weight is 426 g/mol. The van der Waals surface area contributed by atoms with E-state index in [0.717, 1.165) is 5.56 Å². The highest BCUT2D eigenvalue weighted by Gasteiger charge is 2.15. The van der Waals surface area contributed by atoms with E-state index in [9.17, 15) is 19.7 Å². The second-order valence-electron chi connectivity index (χ2n) is 6.26. The molecule has 154 valence electrons. The van der Waals surface area contributed by atoms with Gasteiger partial charge in [0.2, 0.25) is 0 Å². The molecule has 0 aliphatic carbocycles. The van der Waals surface area contributed by atoms with Gasteiger partial charge in [0.15, 0.2) is 17.4 Å². The van der Waals surface area contributed by atoms with E-state index in [4.69, 9.17) is 4.74 Å². The number of non-ortho nitro benzene ring substituents is 1. The summed E-state index contributed by atoms with van der Waals surface area (Å²) in [5, 5.41) is 18.6. The molecule has 0 bridgehead atoms. The van der Waals surface area contributed by atoms with Crippen molar-refractivity contribution in [2.75, 3.05) is 17.2 Å². The van der Waals surface area contributed by atoms with Crippen LogP contribution < -0.4 is 10.6 Å². The zero-order chi connectivity index (χ0) is 21.5. The summed E-state index contributed by atoms with van der Waals surface area (Å²) in [6, 6.07) is 13.8. The van der Waals surface area contributed by atoms with Crippen molar-refractivity contribution < 1.29 is 19.2 Å². The second-order valence-corrected chi connectivity index (χ2v) is 7.12. The predicted octanol–water partition coefficient (Wildman–Crippen LogP) is 3.77. The molecule has 1 amide bonds. The Morgan fingerprint density at radius 2 is 1.97 bits per heavy atom. The first-order chi connectivity index (χ1) is 14.4. The minimum Gasteiger partial charge on any atom is -0.451 e. The number of hydrogen-bond donors (Lipinski definition) is 2. The van der Waals surface area contributed by atoms with E-state index >= 15 is 0 Å². The van der Waals surface area contributed by atoms with Crippen molar-refractivity contribution in [3.63, 3.8) is 0 Å². The van der Waals surface area contributed by atoms with Crippen LogP contribution in [0.15, 0.2) is 53.9 Å². The third-order valence-electron chi connectivity index (χ3n) is 4.03. The SMILES string of the molecule is Cc1cc([N+](=O)[O-])ccc1NC(=O)COC(=O)c1csc(NCc2ccccc2)n1. The van der Waals surface area contributed by atoms with Gasteiger partial charge in [-0.15, -0.1) is 11.3 Å². The van der Waals surface area contributed by atoms with Crippen molar-refractivity contribution in [1.82, 2.24) is 4.98 Å². The van der Waals surface area contributed by atoms with E-state index in [2.05, 4.69) is 15.6 Å². The number of hydrogen-bond acceptors (Lipinski definition) is 8. The molecular formula is C20H18N4O5S. The number of nitro groups is 1. The summed E-state index contributed by atoms with van der Waals surface area (Å²) in [6.45, 7) is 1.70. The Bertz CT molecular complexity index is 1070. The third kappa shape index (κ3) is 5.61. The van der Waals surface area contributed by atoms with Gasteiger partial charge in [-0.1, -0.05) is 30.3 Å². The summed E-state index contributed by atoms with van der Waals surface area (Å²) in [5.74, 6) is -1.27. The van der Waals surface area contributed by atoms with Crippen molar-refractivity contribution in [3.8, 4) is 0 Å². The molecule has 1 heterocycles. The molecule has 9 nitrogen and oxygen atoms in total. The minimum atomic E-state index is -0.713. The molecule has 0 aliphatic rings. The van der Waals surface area contributed by atoms with Crippen LogP contribution in [0.4, 0.5) is 16.5 Å². The van der Waals surface area contributed by atoms with Crippen LogP contribution in [0.2, 0.25) is 0 Å². The maximum absolute atomic E-state index is 12.1. The molecule has 0 saturated carbocycles. The molecule has 0 aliphatic heterocycles. The highest BCUT2D eigenvalue weighted by atomic mass is 32.1. The molecule has 0 unspecified atom stereocenters. The van der Waals surface area contributed by atoms with Gasteiger partial charge in [-0.05, 0) is 24.1 Å². The minimum absolute atomic E-state index is 0.0721. The maximum Gasteiger partial charge on any atom is 0.358 e. The Hall–Kier alpha value is -3.79. The van der Waals surface area contributed by atoms with Gasteiger partial charge < -0.3 is 15.4 Å². The van der Waals surface area contributed by atoms with Crippen molar-refractivity contribution in [2.45, 2.75) is 13.5 Å². The number of esters is 1. The smallest absolute Gasteiger partial charge is 0.358 e. The van der Waals surface area contributed by atoms with Gasteiger partial charge in [0.25, 0.3) is 11.6 Å². The molecule has 2 aromatic carbocycles. The third-order valence-corrected chi connectivity index (χ3v) is 4.83. The predicted molar refractivity (Wildman–Crippen MR) is 113 cm³/mol. The van der Waals surface area contributed by atoms with Crippen molar-refractivity contribution in [2.24, 2.45) is 0 Å². The standard InChI is InChI=1S/C20H18N4O5S/c1-13-9-15(24(27)28)7-8-16(13)22-18(25)11-29-19(26)17-12-30-20(23-17)21-10-14-5-3-2-4-6-14/h2-9,12H,10-11H2,1H3,(H,21,23)(H,22,25). The topological polar surface area (TPSA) is 123 Å². The summed E-state index contributed by atoms with van der Waals surface area (Å²) in [6.07, 6.45) is 0. The van der Waals surface area contributed by atoms with Crippen LogP contribution >= 0.6 is 11.3 Å². The number of nitrogens with zero attached hydrogens (tertiary/aromatic N) is 2. The van der Waals surface area contributed by atoms with Gasteiger partial charge in [0, 0.05) is 29.7 Å². The lowest BCUT2D eigenvalue weighted by atomic mass is 10.2. The monoisotopic (exact) mass is 426 g/mol. The number of rotatable bonds is 8. The number of nitro benzene ring substituents is 1. The molecule has 30 heavy (non-hydrogen) atoms. The van der Waals surface area contributed by atoms with Crippen LogP contribution in [0.5, 0.6) is 0 Å². The lowest BCUT2D eigenvalue weighted by molar-refractivity contribution is -0.384. The summed E-state index contributed by atoms with van der Waals surface area (Å²) in [5.41, 5.74) is 2.04. The molecule has 1 aromatic heterocycles. The quantitative estimate of drug-likeness (QED) is 0.319. The number of benzene rings is 2. The number of amides is 1. The molecule has 2 N–H and O–H groups in total. The van der Waals surface area contributed by atoms with Crippen LogP contribution in [0, 0.1) is 17.0 Å². The Morgan fingerprint density at radius 1 is 1.20 bits per heavy atom. The van der Waals surface area contributed by atoms with Gasteiger partial charge in [0.05, 0.1) is 4.92 Å². The Kier molecular flexibility index (Phi) is 6.71. The van der Waals surface area contributed by atoms with E-state index in [1.54, 1.807) is 12.3 Å². The first kappa shape index (κ1) is 20.9. The zero-order valence-corrected chi connectivity index (χ0v) is 16.8. The largest absolute Gasteiger partial charge is 0.451 e. The van der Waals surface area contributed by atoms with Gasteiger partial charge in [-0.25, -0.2) is 9.78 Å². The fourth-order valence-electron chi connectivity index (χ4n) is 2.52. The number of ether oxygens (including phenoxy) is 1. The molecule has 0 fully saturated rings. The van der Waals surface area contributed by atoms with Gasteiger partial charge in [-0.3, -0.25) is 14.9 Å².